The summed E-state index contributed by atoms with van der Waals surface area (Å²) < 4.78 is 45.3. The molecule has 2 atom stereocenters. The van der Waals surface area contributed by atoms with Crippen LogP contribution in [-0.2, 0) is 9.53 Å². The maximum absolute atomic E-state index is 13.9. The molecule has 1 aromatic carbocycles. The third kappa shape index (κ3) is 5.75. The fourth-order valence-corrected chi connectivity index (χ4v) is 2.10. The zero-order valence-electron chi connectivity index (χ0n) is 13.8. The van der Waals surface area contributed by atoms with Crippen LogP contribution >= 0.6 is 0 Å². The molecule has 8 heteroatoms. The van der Waals surface area contributed by atoms with Gasteiger partial charge in [0.25, 0.3) is 0 Å². The summed E-state index contributed by atoms with van der Waals surface area (Å²) in [6, 6.07) is -0.0373. The molecule has 2 N–H and O–H groups in total. The predicted octanol–water partition coefficient (Wildman–Crippen LogP) is 3.58. The van der Waals surface area contributed by atoms with E-state index in [0.717, 1.165) is 0 Å². The second-order valence-electron chi connectivity index (χ2n) is 6.43. The van der Waals surface area contributed by atoms with Gasteiger partial charge < -0.3 is 15.2 Å². The minimum atomic E-state index is -1.35. The van der Waals surface area contributed by atoms with E-state index in [-0.39, 0.29) is 5.56 Å². The van der Waals surface area contributed by atoms with Gasteiger partial charge in [-0.05, 0) is 32.4 Å². The molecule has 134 valence electrons. The van der Waals surface area contributed by atoms with Crippen LogP contribution in [0.5, 0.6) is 0 Å². The SMILES string of the molecule is C[C@H](c1cc(F)c(F)cc1F)C(CC(=O)O)NC(=O)OC(C)(C)C. The van der Waals surface area contributed by atoms with Crippen molar-refractivity contribution in [2.24, 2.45) is 0 Å². The van der Waals surface area contributed by atoms with Crippen LogP contribution < -0.4 is 5.32 Å². The third-order valence-corrected chi connectivity index (χ3v) is 3.23. The highest BCUT2D eigenvalue weighted by Gasteiger charge is 2.28. The number of amides is 1. The Balaban J connectivity index is 3.05. The number of nitrogens with one attached hydrogen (secondary N) is 1. The van der Waals surface area contributed by atoms with Crippen LogP contribution in [0.1, 0.15) is 45.6 Å². The van der Waals surface area contributed by atoms with Gasteiger partial charge in [-0.25, -0.2) is 18.0 Å². The van der Waals surface area contributed by atoms with E-state index in [2.05, 4.69) is 5.32 Å². The van der Waals surface area contributed by atoms with E-state index < -0.39 is 53.5 Å². The third-order valence-electron chi connectivity index (χ3n) is 3.23. The molecule has 0 radical (unpaired) electrons. The Kier molecular flexibility index (Phi) is 6.22. The fraction of sp³-hybridized carbons (Fsp3) is 0.500. The monoisotopic (exact) mass is 347 g/mol. The number of halogens is 3. The van der Waals surface area contributed by atoms with Crippen LogP contribution in [0.4, 0.5) is 18.0 Å². The molecule has 1 amide bonds. The van der Waals surface area contributed by atoms with Crippen LogP contribution in [0.2, 0.25) is 0 Å². The van der Waals surface area contributed by atoms with Gasteiger partial charge in [0.15, 0.2) is 11.6 Å². The topological polar surface area (TPSA) is 75.6 Å². The molecule has 1 rings (SSSR count). The molecule has 0 heterocycles. The van der Waals surface area contributed by atoms with Crippen LogP contribution in [0.25, 0.3) is 0 Å². The van der Waals surface area contributed by atoms with E-state index in [1.165, 1.54) is 6.92 Å². The zero-order chi connectivity index (χ0) is 18.7. The Morgan fingerprint density at radius 3 is 2.21 bits per heavy atom. The summed E-state index contributed by atoms with van der Waals surface area (Å²) in [7, 11) is 0. The minimum Gasteiger partial charge on any atom is -0.481 e. The number of benzene rings is 1. The summed E-state index contributed by atoms with van der Waals surface area (Å²) in [6.45, 7) is 6.27. The van der Waals surface area contributed by atoms with Gasteiger partial charge in [-0.3, -0.25) is 4.79 Å². The smallest absolute Gasteiger partial charge is 0.407 e. The van der Waals surface area contributed by atoms with Gasteiger partial charge in [-0.15, -0.1) is 0 Å². The molecule has 0 aliphatic rings. The summed E-state index contributed by atoms with van der Waals surface area (Å²) in [6.07, 6.45) is -1.43. The number of hydrogen-bond donors (Lipinski definition) is 2. The lowest BCUT2D eigenvalue weighted by atomic mass is 9.90. The number of carboxylic acids is 1. The molecule has 0 fully saturated rings. The highest BCUT2D eigenvalue weighted by atomic mass is 19.2. The van der Waals surface area contributed by atoms with Gasteiger partial charge in [-0.2, -0.15) is 0 Å². The molecule has 5 nitrogen and oxygen atoms in total. The number of alkyl carbamates (subject to hydrolysis) is 1. The standard InChI is InChI=1S/C16H20F3NO4/c1-8(9-5-11(18)12(19)6-10(9)17)13(7-14(21)22)20-15(23)24-16(2,3)4/h5-6,8,13H,7H2,1-4H3,(H,20,23)(H,21,22)/t8-,13?/m1/s1. The lowest BCUT2D eigenvalue weighted by molar-refractivity contribution is -0.137. The number of carbonyl (C=O) groups is 2. The van der Waals surface area contributed by atoms with Crippen molar-refractivity contribution in [1.29, 1.82) is 0 Å². The molecule has 0 saturated heterocycles. The molecule has 0 spiro atoms. The maximum Gasteiger partial charge on any atom is 0.407 e. The fourth-order valence-electron chi connectivity index (χ4n) is 2.10. The van der Waals surface area contributed by atoms with E-state index in [4.69, 9.17) is 9.84 Å². The van der Waals surface area contributed by atoms with E-state index >= 15 is 0 Å². The van der Waals surface area contributed by atoms with Gasteiger partial charge in [0.1, 0.15) is 11.4 Å². The van der Waals surface area contributed by atoms with Crippen molar-refractivity contribution < 1.29 is 32.6 Å². The number of ether oxygens (including phenoxy) is 1. The number of rotatable bonds is 5. The number of carboxylic acid groups (broad SMARTS) is 1. The summed E-state index contributed by atoms with van der Waals surface area (Å²) in [5, 5.41) is 11.3. The van der Waals surface area contributed by atoms with Crippen LogP contribution in [0, 0.1) is 17.5 Å². The molecular formula is C16H20F3NO4. The van der Waals surface area contributed by atoms with E-state index in [1.54, 1.807) is 20.8 Å². The van der Waals surface area contributed by atoms with Gasteiger partial charge in [-0.1, -0.05) is 6.92 Å². The molecule has 1 aromatic rings. The Labute approximate surface area is 137 Å². The van der Waals surface area contributed by atoms with Crippen LogP contribution in [-0.4, -0.2) is 28.8 Å². The average Bonchev–Trinajstić information content (AvgIpc) is 2.38. The lowest BCUT2D eigenvalue weighted by Gasteiger charge is -2.27. The second kappa shape index (κ2) is 7.55. The van der Waals surface area contributed by atoms with Crippen molar-refractivity contribution in [3.05, 3.63) is 35.1 Å². The highest BCUT2D eigenvalue weighted by molar-refractivity contribution is 5.72. The van der Waals surface area contributed by atoms with Gasteiger partial charge in [0, 0.05) is 18.0 Å². The first-order chi connectivity index (χ1) is 10.9. The molecule has 0 bridgehead atoms. The summed E-state index contributed by atoms with van der Waals surface area (Å²) in [5.41, 5.74) is -1.05. The quantitative estimate of drug-likeness (QED) is 0.799. The molecule has 0 aliphatic carbocycles. The number of aliphatic carboxylic acids is 1. The summed E-state index contributed by atoms with van der Waals surface area (Å²) in [4.78, 5) is 22.8. The Hall–Kier alpha value is -2.25. The average molecular weight is 347 g/mol. The van der Waals surface area contributed by atoms with Gasteiger partial charge in [0.05, 0.1) is 6.42 Å². The molecular weight excluding hydrogens is 327 g/mol. The first-order valence-corrected chi connectivity index (χ1v) is 7.26. The predicted molar refractivity (Wildman–Crippen MR) is 80.1 cm³/mol. The maximum atomic E-state index is 13.9. The van der Waals surface area contributed by atoms with Crippen LogP contribution in [0.3, 0.4) is 0 Å². The largest absolute Gasteiger partial charge is 0.481 e. The first-order valence-electron chi connectivity index (χ1n) is 7.26. The summed E-state index contributed by atoms with van der Waals surface area (Å²) in [5.74, 6) is -5.81. The first kappa shape index (κ1) is 19.8. The van der Waals surface area contributed by atoms with Crippen molar-refractivity contribution in [3.8, 4) is 0 Å². The normalized spacial score (nSPS) is 14.0. The highest BCUT2D eigenvalue weighted by Crippen LogP contribution is 2.26. The van der Waals surface area contributed by atoms with Crippen LogP contribution in [0.15, 0.2) is 12.1 Å². The van der Waals surface area contributed by atoms with Crippen molar-refractivity contribution in [3.63, 3.8) is 0 Å². The zero-order valence-corrected chi connectivity index (χ0v) is 13.8. The van der Waals surface area contributed by atoms with Gasteiger partial charge >= 0.3 is 12.1 Å². The van der Waals surface area contributed by atoms with Crippen molar-refractivity contribution in [2.45, 2.75) is 51.7 Å². The van der Waals surface area contributed by atoms with Gasteiger partial charge in [0.2, 0.25) is 0 Å². The summed E-state index contributed by atoms with van der Waals surface area (Å²) >= 11 is 0. The molecule has 24 heavy (non-hydrogen) atoms. The van der Waals surface area contributed by atoms with E-state index in [1.807, 2.05) is 0 Å². The molecule has 1 unspecified atom stereocenters. The number of carbonyl (C=O) groups excluding carboxylic acids is 1. The second-order valence-corrected chi connectivity index (χ2v) is 6.43. The Morgan fingerprint density at radius 2 is 1.71 bits per heavy atom. The minimum absolute atomic E-state index is 0.240. The van der Waals surface area contributed by atoms with Crippen molar-refractivity contribution in [1.82, 2.24) is 5.32 Å². The Bertz CT molecular complexity index is 628. The van der Waals surface area contributed by atoms with Crippen molar-refractivity contribution >= 4 is 12.1 Å². The van der Waals surface area contributed by atoms with E-state index in [9.17, 15) is 22.8 Å². The Morgan fingerprint density at radius 1 is 1.17 bits per heavy atom. The van der Waals surface area contributed by atoms with E-state index in [0.29, 0.717) is 12.1 Å². The molecule has 0 aromatic heterocycles. The lowest BCUT2D eigenvalue weighted by Crippen LogP contribution is -2.43. The van der Waals surface area contributed by atoms with Crippen molar-refractivity contribution in [2.75, 3.05) is 0 Å². The molecule has 0 aliphatic heterocycles. The molecule has 0 saturated carbocycles. The number of hydrogen-bond acceptors (Lipinski definition) is 3.